The van der Waals surface area contributed by atoms with Crippen molar-refractivity contribution >= 4 is 17.8 Å². The molecule has 1 saturated heterocycles. The highest BCUT2D eigenvalue weighted by atomic mass is 16.7. The predicted octanol–water partition coefficient (Wildman–Crippen LogP) is 2.70. The number of amides is 1. The summed E-state index contributed by atoms with van der Waals surface area (Å²) >= 11 is 0. The van der Waals surface area contributed by atoms with E-state index in [0.29, 0.717) is 18.9 Å². The third-order valence-electron chi connectivity index (χ3n) is 6.87. The molecule has 1 saturated carbocycles. The number of esters is 2. The molecule has 0 bridgehead atoms. The number of pyridine rings is 1. The number of nitrogens with one attached hydrogen (secondary N) is 1. The summed E-state index contributed by atoms with van der Waals surface area (Å²) in [7, 11) is 1.40. The maximum absolute atomic E-state index is 13.3. The van der Waals surface area contributed by atoms with E-state index in [4.69, 9.17) is 28.4 Å². The molecule has 1 N–H and O–H groups in total. The van der Waals surface area contributed by atoms with Crippen LogP contribution in [0.15, 0.2) is 42.6 Å². The zero-order valence-electron chi connectivity index (χ0n) is 23.0. The van der Waals surface area contributed by atoms with E-state index < -0.39 is 36.8 Å². The second-order valence-electron chi connectivity index (χ2n) is 9.96. The van der Waals surface area contributed by atoms with Crippen LogP contribution in [-0.2, 0) is 35.0 Å². The molecule has 0 spiro atoms. The summed E-state index contributed by atoms with van der Waals surface area (Å²) in [6.45, 7) is 3.38. The molecule has 4 rings (SSSR count). The Morgan fingerprint density at radius 1 is 1.12 bits per heavy atom. The fraction of sp³-hybridized carbons (Fsp3) is 0.517. The normalized spacial score (nSPS) is 23.1. The summed E-state index contributed by atoms with van der Waals surface area (Å²) in [6, 6.07) is 10.4. The Morgan fingerprint density at radius 3 is 2.60 bits per heavy atom. The van der Waals surface area contributed by atoms with E-state index in [1.54, 1.807) is 0 Å². The lowest BCUT2D eigenvalue weighted by molar-refractivity contribution is -0.155. The van der Waals surface area contributed by atoms with Crippen LogP contribution in [0, 0.1) is 11.8 Å². The van der Waals surface area contributed by atoms with E-state index >= 15 is 0 Å². The molecule has 1 aromatic heterocycles. The number of rotatable bonds is 11. The van der Waals surface area contributed by atoms with Gasteiger partial charge >= 0.3 is 11.9 Å². The Bertz CT molecular complexity index is 1160. The molecule has 2 aromatic rings. The number of ether oxygens (including phenoxy) is 6. The monoisotopic (exact) mass is 556 g/mol. The molecule has 0 radical (unpaired) electrons. The first-order chi connectivity index (χ1) is 19.4. The summed E-state index contributed by atoms with van der Waals surface area (Å²) < 4.78 is 33.7. The van der Waals surface area contributed by atoms with Gasteiger partial charge in [0.05, 0.1) is 26.4 Å². The number of methoxy groups -OCH3 is 1. The van der Waals surface area contributed by atoms with Crippen molar-refractivity contribution in [1.29, 1.82) is 0 Å². The SMILES string of the molecule is COc1ccnc(C(=O)N[C@H]2COC[C@H](OCC3CC3)[C@@H](Cc3ccccc3)[C@H](C)OC2=O)c1OCOC(C)=O. The molecule has 2 heterocycles. The Balaban J connectivity index is 1.49. The number of carbonyl (C=O) groups excluding carboxylic acids is 3. The van der Waals surface area contributed by atoms with Crippen LogP contribution in [0.1, 0.15) is 42.7 Å². The van der Waals surface area contributed by atoms with Gasteiger partial charge in [0.15, 0.2) is 23.2 Å². The molecule has 1 aromatic carbocycles. The number of carbonyl (C=O) groups is 3. The summed E-state index contributed by atoms with van der Waals surface area (Å²) in [5.41, 5.74) is 0.949. The highest BCUT2D eigenvalue weighted by Crippen LogP contribution is 2.32. The Morgan fingerprint density at radius 2 is 1.90 bits per heavy atom. The van der Waals surface area contributed by atoms with Gasteiger partial charge in [-0.1, -0.05) is 30.3 Å². The molecular weight excluding hydrogens is 520 g/mol. The highest BCUT2D eigenvalue weighted by molar-refractivity contribution is 5.98. The maximum atomic E-state index is 13.3. The summed E-state index contributed by atoms with van der Waals surface area (Å²) in [5, 5.41) is 2.65. The van der Waals surface area contributed by atoms with Crippen LogP contribution in [0.5, 0.6) is 11.5 Å². The molecule has 11 heteroatoms. The molecule has 4 atom stereocenters. The lowest BCUT2D eigenvalue weighted by atomic mass is 9.89. The minimum atomic E-state index is -1.11. The number of hydrogen-bond acceptors (Lipinski definition) is 10. The molecule has 1 amide bonds. The Kier molecular flexibility index (Phi) is 10.3. The minimum absolute atomic E-state index is 0.0362. The van der Waals surface area contributed by atoms with Crippen molar-refractivity contribution in [1.82, 2.24) is 10.3 Å². The molecule has 216 valence electrons. The van der Waals surface area contributed by atoms with Gasteiger partial charge in [-0.2, -0.15) is 0 Å². The van der Waals surface area contributed by atoms with Gasteiger partial charge in [0, 0.05) is 31.7 Å². The number of nitrogens with zero attached hydrogens (tertiary/aromatic N) is 1. The van der Waals surface area contributed by atoms with E-state index in [1.165, 1.54) is 26.3 Å². The molecule has 1 aliphatic carbocycles. The van der Waals surface area contributed by atoms with Crippen molar-refractivity contribution in [3.63, 3.8) is 0 Å². The predicted molar refractivity (Wildman–Crippen MR) is 142 cm³/mol. The summed E-state index contributed by atoms with van der Waals surface area (Å²) in [4.78, 5) is 41.7. The van der Waals surface area contributed by atoms with Gasteiger partial charge in [-0.15, -0.1) is 0 Å². The topological polar surface area (TPSA) is 132 Å². The quantitative estimate of drug-likeness (QED) is 0.326. The third-order valence-corrected chi connectivity index (χ3v) is 6.87. The number of hydrogen-bond donors (Lipinski definition) is 1. The zero-order valence-corrected chi connectivity index (χ0v) is 23.0. The van der Waals surface area contributed by atoms with E-state index in [0.717, 1.165) is 18.4 Å². The molecule has 40 heavy (non-hydrogen) atoms. The van der Waals surface area contributed by atoms with Crippen molar-refractivity contribution in [3.8, 4) is 11.5 Å². The molecule has 2 aliphatic rings. The molecular formula is C29H36N2O9. The second-order valence-corrected chi connectivity index (χ2v) is 9.96. The van der Waals surface area contributed by atoms with Crippen molar-refractivity contribution in [3.05, 3.63) is 53.9 Å². The van der Waals surface area contributed by atoms with Crippen molar-refractivity contribution < 1.29 is 42.8 Å². The molecule has 0 unspecified atom stereocenters. The molecule has 2 fully saturated rings. The zero-order chi connectivity index (χ0) is 28.5. The highest BCUT2D eigenvalue weighted by Gasteiger charge is 2.37. The maximum Gasteiger partial charge on any atom is 0.331 e. The van der Waals surface area contributed by atoms with Crippen LogP contribution in [0.2, 0.25) is 0 Å². The van der Waals surface area contributed by atoms with Gasteiger partial charge < -0.3 is 33.7 Å². The van der Waals surface area contributed by atoms with Crippen molar-refractivity contribution in [2.24, 2.45) is 11.8 Å². The summed E-state index contributed by atoms with van der Waals surface area (Å²) in [5.74, 6) is -1.33. The van der Waals surface area contributed by atoms with Gasteiger partial charge in [0.25, 0.3) is 5.91 Å². The van der Waals surface area contributed by atoms with Crippen molar-refractivity contribution in [2.45, 2.75) is 51.4 Å². The minimum Gasteiger partial charge on any atom is -0.493 e. The first-order valence-corrected chi connectivity index (χ1v) is 13.4. The average molecular weight is 557 g/mol. The first-order valence-electron chi connectivity index (χ1n) is 13.4. The Hall–Kier alpha value is -3.70. The number of aromatic nitrogens is 1. The van der Waals surface area contributed by atoms with E-state index in [-0.39, 0.29) is 42.4 Å². The van der Waals surface area contributed by atoms with Crippen LogP contribution in [0.25, 0.3) is 0 Å². The van der Waals surface area contributed by atoms with Gasteiger partial charge in [0.1, 0.15) is 6.10 Å². The lowest BCUT2D eigenvalue weighted by Gasteiger charge is -2.31. The van der Waals surface area contributed by atoms with Crippen LogP contribution in [0.3, 0.4) is 0 Å². The Labute approximate surface area is 233 Å². The standard InChI is InChI=1S/C29H36N2O9/c1-18-22(13-20-7-5-4-6-8-20)25(37-14-21-9-10-21)16-36-15-23(29(34)40-18)31-28(33)26-27(39-17-38-19(2)32)24(35-3)11-12-30-26/h4-8,11-12,18,21-23,25H,9-10,13-17H2,1-3H3,(H,31,33)/t18-,22-,23-,25-/m0/s1. The average Bonchev–Trinajstić information content (AvgIpc) is 3.77. The van der Waals surface area contributed by atoms with E-state index in [2.05, 4.69) is 10.3 Å². The molecule has 11 nitrogen and oxygen atoms in total. The third kappa shape index (κ3) is 8.15. The first kappa shape index (κ1) is 29.3. The number of cyclic esters (lactones) is 1. The van der Waals surface area contributed by atoms with Crippen LogP contribution in [-0.4, -0.2) is 74.8 Å². The van der Waals surface area contributed by atoms with Crippen LogP contribution >= 0.6 is 0 Å². The molecule has 1 aliphatic heterocycles. The largest absolute Gasteiger partial charge is 0.493 e. The van der Waals surface area contributed by atoms with Gasteiger partial charge in [-0.25, -0.2) is 9.78 Å². The van der Waals surface area contributed by atoms with E-state index in [9.17, 15) is 14.4 Å². The van der Waals surface area contributed by atoms with Crippen molar-refractivity contribution in [2.75, 3.05) is 33.7 Å². The number of benzene rings is 1. The fourth-order valence-corrected chi connectivity index (χ4v) is 4.44. The summed E-state index contributed by atoms with van der Waals surface area (Å²) in [6.07, 6.45) is 3.51. The fourth-order valence-electron chi connectivity index (χ4n) is 4.44. The van der Waals surface area contributed by atoms with Crippen LogP contribution < -0.4 is 14.8 Å². The van der Waals surface area contributed by atoms with Crippen LogP contribution in [0.4, 0.5) is 0 Å². The van der Waals surface area contributed by atoms with Gasteiger partial charge in [-0.05, 0) is 37.7 Å². The lowest BCUT2D eigenvalue weighted by Crippen LogP contribution is -2.46. The van der Waals surface area contributed by atoms with E-state index in [1.807, 2.05) is 37.3 Å². The smallest absolute Gasteiger partial charge is 0.331 e. The van der Waals surface area contributed by atoms with Gasteiger partial charge in [0.2, 0.25) is 6.79 Å². The second kappa shape index (κ2) is 14.1. The van der Waals surface area contributed by atoms with Gasteiger partial charge in [-0.3, -0.25) is 9.59 Å².